The molecule has 0 bridgehead atoms. The summed E-state index contributed by atoms with van der Waals surface area (Å²) in [6.45, 7) is 0.699. The standard InChI is InChI=1S/C15H16N4O2/c16-9-11-4-3-5-12(8-11)10-18-14(20)15(21)19-13-6-1-2-7-17-13/h1-8H,9-10,16H2,(H,18,20)(H,17,19,21). The second kappa shape index (κ2) is 7.16. The van der Waals surface area contributed by atoms with Gasteiger partial charge < -0.3 is 16.4 Å². The number of nitrogens with two attached hydrogens (primary N) is 1. The Balaban J connectivity index is 1.87. The summed E-state index contributed by atoms with van der Waals surface area (Å²) in [4.78, 5) is 27.3. The zero-order chi connectivity index (χ0) is 15.1. The third kappa shape index (κ3) is 4.39. The maximum Gasteiger partial charge on any atom is 0.314 e. The van der Waals surface area contributed by atoms with Crippen LogP contribution in [0, 0.1) is 0 Å². The summed E-state index contributed by atoms with van der Waals surface area (Å²) < 4.78 is 0. The minimum absolute atomic E-state index is 0.266. The summed E-state index contributed by atoms with van der Waals surface area (Å²) in [5, 5.41) is 4.97. The van der Waals surface area contributed by atoms with Gasteiger partial charge in [0, 0.05) is 19.3 Å². The van der Waals surface area contributed by atoms with Crippen molar-refractivity contribution in [3.63, 3.8) is 0 Å². The van der Waals surface area contributed by atoms with Gasteiger partial charge >= 0.3 is 11.8 Å². The topological polar surface area (TPSA) is 97.1 Å². The molecule has 4 N–H and O–H groups in total. The molecule has 0 aliphatic rings. The number of hydrogen-bond donors (Lipinski definition) is 3. The summed E-state index contributed by atoms with van der Waals surface area (Å²) in [6, 6.07) is 12.6. The van der Waals surface area contributed by atoms with Crippen molar-refractivity contribution < 1.29 is 9.59 Å². The SMILES string of the molecule is NCc1cccc(CNC(=O)C(=O)Nc2ccccn2)c1. The molecular weight excluding hydrogens is 268 g/mol. The Morgan fingerprint density at radius 3 is 2.57 bits per heavy atom. The molecule has 2 rings (SSSR count). The molecule has 0 fully saturated rings. The van der Waals surface area contributed by atoms with E-state index in [-0.39, 0.29) is 6.54 Å². The fourth-order valence-electron chi connectivity index (χ4n) is 1.74. The zero-order valence-electron chi connectivity index (χ0n) is 11.4. The lowest BCUT2D eigenvalue weighted by Crippen LogP contribution is -2.35. The van der Waals surface area contributed by atoms with E-state index in [1.807, 2.05) is 24.3 Å². The van der Waals surface area contributed by atoms with E-state index >= 15 is 0 Å². The normalized spacial score (nSPS) is 9.95. The van der Waals surface area contributed by atoms with Gasteiger partial charge in [0.25, 0.3) is 0 Å². The first kappa shape index (κ1) is 14.7. The predicted molar refractivity (Wildman–Crippen MR) is 79.0 cm³/mol. The van der Waals surface area contributed by atoms with Crippen molar-refractivity contribution in [3.05, 3.63) is 59.8 Å². The number of rotatable bonds is 4. The van der Waals surface area contributed by atoms with Crippen LogP contribution < -0.4 is 16.4 Å². The van der Waals surface area contributed by atoms with Crippen LogP contribution in [-0.2, 0) is 22.7 Å². The first-order valence-electron chi connectivity index (χ1n) is 6.47. The maximum absolute atomic E-state index is 11.7. The number of benzene rings is 1. The zero-order valence-corrected chi connectivity index (χ0v) is 11.4. The molecule has 2 amide bonds. The number of amides is 2. The lowest BCUT2D eigenvalue weighted by molar-refractivity contribution is -0.136. The van der Waals surface area contributed by atoms with Gasteiger partial charge in [-0.1, -0.05) is 30.3 Å². The number of pyridine rings is 1. The van der Waals surface area contributed by atoms with Gasteiger partial charge in [0.15, 0.2) is 0 Å². The molecule has 0 aliphatic heterocycles. The number of nitrogens with zero attached hydrogens (tertiary/aromatic N) is 1. The van der Waals surface area contributed by atoms with Crippen molar-refractivity contribution in [2.75, 3.05) is 5.32 Å². The number of hydrogen-bond acceptors (Lipinski definition) is 4. The van der Waals surface area contributed by atoms with Gasteiger partial charge in [-0.3, -0.25) is 9.59 Å². The van der Waals surface area contributed by atoms with Crippen molar-refractivity contribution in [2.24, 2.45) is 5.73 Å². The third-order valence-corrected chi connectivity index (χ3v) is 2.79. The second-order valence-corrected chi connectivity index (χ2v) is 4.38. The highest BCUT2D eigenvalue weighted by Gasteiger charge is 2.13. The van der Waals surface area contributed by atoms with E-state index in [9.17, 15) is 9.59 Å². The molecule has 0 aliphatic carbocycles. The second-order valence-electron chi connectivity index (χ2n) is 4.38. The average Bonchev–Trinajstić information content (AvgIpc) is 2.53. The van der Waals surface area contributed by atoms with Gasteiger partial charge in [-0.15, -0.1) is 0 Å². The van der Waals surface area contributed by atoms with Crippen molar-refractivity contribution >= 4 is 17.6 Å². The van der Waals surface area contributed by atoms with Gasteiger partial charge in [0.05, 0.1) is 0 Å². The Hall–Kier alpha value is -2.73. The van der Waals surface area contributed by atoms with Gasteiger partial charge in [-0.25, -0.2) is 4.98 Å². The van der Waals surface area contributed by atoms with Crippen LogP contribution in [-0.4, -0.2) is 16.8 Å². The molecule has 108 valence electrons. The molecule has 0 atom stereocenters. The first-order chi connectivity index (χ1) is 10.2. The van der Waals surface area contributed by atoms with Crippen LogP contribution >= 0.6 is 0 Å². The van der Waals surface area contributed by atoms with Crippen molar-refractivity contribution in [3.8, 4) is 0 Å². The molecule has 0 saturated carbocycles. The highest BCUT2D eigenvalue weighted by atomic mass is 16.2. The summed E-state index contributed by atoms with van der Waals surface area (Å²) in [6.07, 6.45) is 1.53. The van der Waals surface area contributed by atoms with Crippen LogP contribution in [0.3, 0.4) is 0 Å². The molecule has 6 heteroatoms. The third-order valence-electron chi connectivity index (χ3n) is 2.79. The van der Waals surface area contributed by atoms with E-state index < -0.39 is 11.8 Å². The van der Waals surface area contributed by atoms with Crippen LogP contribution in [0.2, 0.25) is 0 Å². The smallest absolute Gasteiger partial charge is 0.314 e. The molecule has 1 aromatic carbocycles. The first-order valence-corrected chi connectivity index (χ1v) is 6.47. The molecule has 0 radical (unpaired) electrons. The number of carbonyl (C=O) groups is 2. The number of anilines is 1. The minimum atomic E-state index is -0.747. The minimum Gasteiger partial charge on any atom is -0.344 e. The van der Waals surface area contributed by atoms with Crippen LogP contribution in [0.5, 0.6) is 0 Å². The van der Waals surface area contributed by atoms with E-state index in [0.29, 0.717) is 12.4 Å². The van der Waals surface area contributed by atoms with Crippen LogP contribution in [0.1, 0.15) is 11.1 Å². The Bertz CT molecular complexity index is 629. The van der Waals surface area contributed by atoms with E-state index in [1.54, 1.807) is 18.2 Å². The Labute approximate surface area is 122 Å². The van der Waals surface area contributed by atoms with Crippen molar-refractivity contribution in [2.45, 2.75) is 13.1 Å². The summed E-state index contributed by atoms with van der Waals surface area (Å²) >= 11 is 0. The van der Waals surface area contributed by atoms with Gasteiger partial charge in [0.2, 0.25) is 0 Å². The Kier molecular flexibility index (Phi) is 5.00. The molecular formula is C15H16N4O2. The fraction of sp³-hybridized carbons (Fsp3) is 0.133. The summed E-state index contributed by atoms with van der Waals surface area (Å²) in [5.41, 5.74) is 7.41. The van der Waals surface area contributed by atoms with E-state index in [2.05, 4.69) is 15.6 Å². The molecule has 21 heavy (non-hydrogen) atoms. The van der Waals surface area contributed by atoms with Crippen molar-refractivity contribution in [1.82, 2.24) is 10.3 Å². The molecule has 1 heterocycles. The van der Waals surface area contributed by atoms with Gasteiger partial charge in [-0.05, 0) is 23.3 Å². The summed E-state index contributed by atoms with van der Waals surface area (Å²) in [7, 11) is 0. The molecule has 0 unspecified atom stereocenters. The Morgan fingerprint density at radius 1 is 1.05 bits per heavy atom. The lowest BCUT2D eigenvalue weighted by Gasteiger charge is -2.07. The number of aromatic nitrogens is 1. The number of carbonyl (C=O) groups excluding carboxylic acids is 2. The van der Waals surface area contributed by atoms with E-state index in [1.165, 1.54) is 6.20 Å². The Morgan fingerprint density at radius 2 is 1.86 bits per heavy atom. The van der Waals surface area contributed by atoms with Gasteiger partial charge in [0.1, 0.15) is 5.82 Å². The lowest BCUT2D eigenvalue weighted by atomic mass is 10.1. The largest absolute Gasteiger partial charge is 0.344 e. The maximum atomic E-state index is 11.7. The predicted octanol–water partition coefficient (Wildman–Crippen LogP) is 0.795. The highest BCUT2D eigenvalue weighted by molar-refractivity contribution is 6.39. The molecule has 6 nitrogen and oxygen atoms in total. The monoisotopic (exact) mass is 284 g/mol. The number of nitrogens with one attached hydrogen (secondary N) is 2. The fourth-order valence-corrected chi connectivity index (χ4v) is 1.74. The van der Waals surface area contributed by atoms with E-state index in [4.69, 9.17) is 5.73 Å². The van der Waals surface area contributed by atoms with E-state index in [0.717, 1.165) is 11.1 Å². The van der Waals surface area contributed by atoms with Crippen LogP contribution in [0.15, 0.2) is 48.7 Å². The van der Waals surface area contributed by atoms with Crippen molar-refractivity contribution in [1.29, 1.82) is 0 Å². The average molecular weight is 284 g/mol. The van der Waals surface area contributed by atoms with Crippen LogP contribution in [0.25, 0.3) is 0 Å². The quantitative estimate of drug-likeness (QED) is 0.723. The van der Waals surface area contributed by atoms with Crippen LogP contribution in [0.4, 0.5) is 5.82 Å². The van der Waals surface area contributed by atoms with Gasteiger partial charge in [-0.2, -0.15) is 0 Å². The molecule has 0 saturated heterocycles. The molecule has 2 aromatic rings. The molecule has 1 aromatic heterocycles. The molecule has 0 spiro atoms. The summed E-state index contributed by atoms with van der Waals surface area (Å²) in [5.74, 6) is -1.12. The highest BCUT2D eigenvalue weighted by Crippen LogP contribution is 2.04.